The van der Waals surface area contributed by atoms with Gasteiger partial charge in [-0.05, 0) is 13.0 Å². The Labute approximate surface area is 110 Å². The van der Waals surface area contributed by atoms with Crippen LogP contribution in [0.15, 0.2) is 24.3 Å². The summed E-state index contributed by atoms with van der Waals surface area (Å²) in [5.74, 6) is -0.345. The zero-order chi connectivity index (χ0) is 14.3. The minimum atomic E-state index is -2.53. The quantitative estimate of drug-likeness (QED) is 0.750. The van der Waals surface area contributed by atoms with Gasteiger partial charge in [-0.2, -0.15) is 0 Å². The van der Waals surface area contributed by atoms with Gasteiger partial charge in [0.05, 0.1) is 19.1 Å². The Morgan fingerprint density at radius 1 is 1.42 bits per heavy atom. The predicted octanol–water partition coefficient (Wildman–Crippen LogP) is 2.35. The van der Waals surface area contributed by atoms with Crippen LogP contribution in [-0.4, -0.2) is 30.7 Å². The van der Waals surface area contributed by atoms with Gasteiger partial charge in [0.25, 0.3) is 6.43 Å². The number of carbonyl (C=O) groups is 1. The van der Waals surface area contributed by atoms with Crippen molar-refractivity contribution in [2.75, 3.05) is 18.5 Å². The molecule has 0 heterocycles. The second-order valence-electron chi connectivity index (χ2n) is 4.03. The molecule has 106 valence electrons. The average molecular weight is 273 g/mol. The second kappa shape index (κ2) is 7.81. The highest BCUT2D eigenvalue weighted by molar-refractivity contribution is 5.91. The molecule has 0 radical (unpaired) electrons. The molecule has 0 aliphatic heterocycles. The van der Waals surface area contributed by atoms with Gasteiger partial charge >= 0.3 is 0 Å². The second-order valence-corrected chi connectivity index (χ2v) is 4.03. The Bertz CT molecular complexity index is 411. The van der Waals surface area contributed by atoms with Crippen LogP contribution in [0.5, 0.6) is 0 Å². The van der Waals surface area contributed by atoms with Crippen molar-refractivity contribution in [3.05, 3.63) is 29.8 Å². The Balaban J connectivity index is 2.44. The topological polar surface area (TPSA) is 58.6 Å². The van der Waals surface area contributed by atoms with E-state index in [1.54, 1.807) is 31.2 Å². The third-order valence-electron chi connectivity index (χ3n) is 2.40. The molecule has 1 unspecified atom stereocenters. The largest absolute Gasteiger partial charge is 0.389 e. The first-order valence-corrected chi connectivity index (χ1v) is 5.93. The van der Waals surface area contributed by atoms with Crippen molar-refractivity contribution in [1.29, 1.82) is 0 Å². The van der Waals surface area contributed by atoms with Crippen molar-refractivity contribution in [3.8, 4) is 0 Å². The van der Waals surface area contributed by atoms with Crippen molar-refractivity contribution in [3.63, 3.8) is 0 Å². The summed E-state index contributed by atoms with van der Waals surface area (Å²) in [6.45, 7) is 0.862. The van der Waals surface area contributed by atoms with Crippen LogP contribution >= 0.6 is 0 Å². The highest BCUT2D eigenvalue weighted by atomic mass is 19.3. The van der Waals surface area contributed by atoms with E-state index in [1.807, 2.05) is 0 Å². The van der Waals surface area contributed by atoms with Gasteiger partial charge in [-0.15, -0.1) is 0 Å². The number of halogens is 2. The molecule has 0 aliphatic carbocycles. The molecule has 0 aliphatic rings. The molecule has 1 atom stereocenters. The van der Waals surface area contributed by atoms with E-state index in [1.165, 1.54) is 0 Å². The van der Waals surface area contributed by atoms with Crippen molar-refractivity contribution in [2.45, 2.75) is 25.9 Å². The summed E-state index contributed by atoms with van der Waals surface area (Å²) >= 11 is 0. The Morgan fingerprint density at radius 3 is 2.74 bits per heavy atom. The van der Waals surface area contributed by atoms with Crippen LogP contribution < -0.4 is 5.32 Å². The van der Waals surface area contributed by atoms with Crippen molar-refractivity contribution in [2.24, 2.45) is 0 Å². The lowest BCUT2D eigenvalue weighted by Gasteiger charge is -2.13. The number of benzene rings is 1. The summed E-state index contributed by atoms with van der Waals surface area (Å²) in [5, 5.41) is 12.1. The number of rotatable bonds is 7. The van der Waals surface area contributed by atoms with Crippen LogP contribution in [0.4, 0.5) is 14.5 Å². The number of para-hydroxylation sites is 1. The van der Waals surface area contributed by atoms with Gasteiger partial charge in [-0.3, -0.25) is 4.79 Å². The van der Waals surface area contributed by atoms with Crippen molar-refractivity contribution < 1.29 is 23.4 Å². The zero-order valence-electron chi connectivity index (χ0n) is 10.6. The summed E-state index contributed by atoms with van der Waals surface area (Å²) < 4.78 is 28.2. The Morgan fingerprint density at radius 2 is 2.11 bits per heavy atom. The maximum Gasteiger partial charge on any atom is 0.261 e. The first-order chi connectivity index (χ1) is 9.00. The van der Waals surface area contributed by atoms with Crippen LogP contribution in [0.3, 0.4) is 0 Å². The Kier molecular flexibility index (Phi) is 6.38. The van der Waals surface area contributed by atoms with E-state index in [-0.39, 0.29) is 18.9 Å². The summed E-state index contributed by atoms with van der Waals surface area (Å²) in [5.41, 5.74) is 1.11. The van der Waals surface area contributed by atoms with Crippen molar-refractivity contribution in [1.82, 2.24) is 0 Å². The smallest absolute Gasteiger partial charge is 0.261 e. The van der Waals surface area contributed by atoms with E-state index in [9.17, 15) is 18.7 Å². The van der Waals surface area contributed by atoms with Crippen LogP contribution in [0.2, 0.25) is 0 Å². The number of hydrogen-bond donors (Lipinski definition) is 2. The lowest BCUT2D eigenvalue weighted by atomic mass is 10.1. The van der Waals surface area contributed by atoms with Crippen molar-refractivity contribution >= 4 is 11.6 Å². The average Bonchev–Trinajstić information content (AvgIpc) is 2.35. The fraction of sp³-hybridized carbons (Fsp3) is 0.462. The highest BCUT2D eigenvalue weighted by Crippen LogP contribution is 2.22. The molecular formula is C13H17F2NO3. The summed E-state index contributed by atoms with van der Waals surface area (Å²) in [4.78, 5) is 11.6. The molecule has 1 aromatic rings. The van der Waals surface area contributed by atoms with Gasteiger partial charge in [0, 0.05) is 11.3 Å². The number of ether oxygens (including phenoxy) is 1. The number of anilines is 1. The van der Waals surface area contributed by atoms with Gasteiger partial charge in [-0.1, -0.05) is 18.2 Å². The molecule has 1 amide bonds. The van der Waals surface area contributed by atoms with E-state index < -0.39 is 19.1 Å². The Hall–Kier alpha value is -1.53. The molecule has 0 aromatic heterocycles. The fourth-order valence-corrected chi connectivity index (χ4v) is 1.53. The summed E-state index contributed by atoms with van der Waals surface area (Å²) in [7, 11) is 0. The van der Waals surface area contributed by atoms with Crippen LogP contribution in [0, 0.1) is 0 Å². The lowest BCUT2D eigenvalue weighted by molar-refractivity contribution is -0.117. The van der Waals surface area contributed by atoms with Gasteiger partial charge < -0.3 is 15.2 Å². The number of carbonyl (C=O) groups excluding carboxylic acids is 1. The molecule has 0 bridgehead atoms. The first-order valence-electron chi connectivity index (χ1n) is 5.93. The molecule has 0 spiro atoms. The molecule has 6 heteroatoms. The maximum absolute atomic E-state index is 11.8. The number of alkyl halides is 2. The fourth-order valence-electron chi connectivity index (χ4n) is 1.53. The highest BCUT2D eigenvalue weighted by Gasteiger charge is 2.10. The van der Waals surface area contributed by atoms with Crippen LogP contribution in [0.25, 0.3) is 0 Å². The van der Waals surface area contributed by atoms with Gasteiger partial charge in [0.15, 0.2) is 0 Å². The molecule has 4 nitrogen and oxygen atoms in total. The number of aliphatic hydroxyl groups excluding tert-OH is 1. The van der Waals surface area contributed by atoms with Crippen LogP contribution in [0.1, 0.15) is 25.0 Å². The van der Waals surface area contributed by atoms with Gasteiger partial charge in [-0.25, -0.2) is 8.78 Å². The molecule has 0 saturated carbocycles. The zero-order valence-corrected chi connectivity index (χ0v) is 10.6. The minimum absolute atomic E-state index is 0.0130. The summed E-state index contributed by atoms with van der Waals surface area (Å²) in [6.07, 6.45) is -3.24. The first kappa shape index (κ1) is 15.5. The SMILES string of the molecule is CC(O)c1ccccc1NC(=O)CCOCC(F)F. The number of aliphatic hydroxyl groups is 1. The third-order valence-corrected chi connectivity index (χ3v) is 2.40. The third kappa shape index (κ3) is 5.76. The molecule has 1 rings (SSSR count). The normalized spacial score (nSPS) is 12.5. The van der Waals surface area contributed by atoms with E-state index in [4.69, 9.17) is 0 Å². The van der Waals surface area contributed by atoms with Gasteiger partial charge in [0.2, 0.25) is 5.91 Å². The van der Waals surface area contributed by atoms with E-state index >= 15 is 0 Å². The number of amides is 1. The molecule has 0 fully saturated rings. The van der Waals surface area contributed by atoms with E-state index in [0.717, 1.165) is 0 Å². The molecule has 0 saturated heterocycles. The van der Waals surface area contributed by atoms with Crippen LogP contribution in [-0.2, 0) is 9.53 Å². The number of nitrogens with one attached hydrogen (secondary N) is 1. The summed E-state index contributed by atoms with van der Waals surface area (Å²) in [6, 6.07) is 6.85. The van der Waals surface area contributed by atoms with E-state index in [0.29, 0.717) is 11.3 Å². The maximum atomic E-state index is 11.8. The number of hydrogen-bond acceptors (Lipinski definition) is 3. The molecular weight excluding hydrogens is 256 g/mol. The molecule has 1 aromatic carbocycles. The standard InChI is InChI=1S/C13H17F2NO3/c1-9(17)10-4-2-3-5-11(10)16-13(18)6-7-19-8-12(14)15/h2-5,9,12,17H,6-8H2,1H3,(H,16,18). The predicted molar refractivity (Wildman–Crippen MR) is 67.1 cm³/mol. The minimum Gasteiger partial charge on any atom is -0.389 e. The van der Waals surface area contributed by atoms with Gasteiger partial charge in [0.1, 0.15) is 6.61 Å². The molecule has 2 N–H and O–H groups in total. The lowest BCUT2D eigenvalue weighted by Crippen LogP contribution is -2.17. The molecule has 19 heavy (non-hydrogen) atoms. The monoisotopic (exact) mass is 273 g/mol. The van der Waals surface area contributed by atoms with E-state index in [2.05, 4.69) is 10.1 Å².